The van der Waals surface area contributed by atoms with E-state index < -0.39 is 6.10 Å². The molecule has 0 radical (unpaired) electrons. The van der Waals surface area contributed by atoms with Gasteiger partial charge in [0.15, 0.2) is 5.78 Å². The zero-order valence-electron chi connectivity index (χ0n) is 10.5. The third-order valence-corrected chi connectivity index (χ3v) is 4.45. The number of aliphatic hydroxyl groups excluding tert-OH is 1. The number of rotatable bonds is 1. The lowest BCUT2D eigenvalue weighted by molar-refractivity contribution is 0.0699. The fraction of sp³-hybridized carbons (Fsp3) is 0.188. The first-order chi connectivity index (χ1) is 9.58. The van der Waals surface area contributed by atoms with Crippen LogP contribution in [0.1, 0.15) is 33.8 Å². The molecule has 1 aliphatic rings. The van der Waals surface area contributed by atoms with Gasteiger partial charge in [0.1, 0.15) is 6.10 Å². The van der Waals surface area contributed by atoms with Crippen LogP contribution in [0.2, 0.25) is 10.0 Å². The summed E-state index contributed by atoms with van der Waals surface area (Å²) in [6, 6.07) is 12.8. The monoisotopic (exact) mass is 306 g/mol. The van der Waals surface area contributed by atoms with Crippen LogP contribution < -0.4 is 0 Å². The fourth-order valence-electron chi connectivity index (χ4n) is 2.71. The molecule has 2 aromatic carbocycles. The van der Waals surface area contributed by atoms with Crippen LogP contribution in [0, 0.1) is 0 Å². The first kappa shape index (κ1) is 13.6. The van der Waals surface area contributed by atoms with E-state index in [2.05, 4.69) is 0 Å². The summed E-state index contributed by atoms with van der Waals surface area (Å²) in [4.78, 5) is 12.0. The van der Waals surface area contributed by atoms with Gasteiger partial charge in [-0.1, -0.05) is 53.5 Å². The first-order valence-electron chi connectivity index (χ1n) is 6.34. The van der Waals surface area contributed by atoms with Gasteiger partial charge in [0.25, 0.3) is 0 Å². The molecule has 0 amide bonds. The Balaban J connectivity index is 2.12. The number of fused-ring (bicyclic) bond motifs is 1. The molecule has 102 valence electrons. The number of hydrogen-bond donors (Lipinski definition) is 1. The zero-order valence-corrected chi connectivity index (χ0v) is 12.0. The highest BCUT2D eigenvalue weighted by molar-refractivity contribution is 6.42. The molecule has 3 rings (SSSR count). The van der Waals surface area contributed by atoms with E-state index in [0.717, 1.165) is 11.1 Å². The summed E-state index contributed by atoms with van der Waals surface area (Å²) in [6.07, 6.45) is -0.599. The van der Waals surface area contributed by atoms with Crippen molar-refractivity contribution in [1.82, 2.24) is 0 Å². The molecule has 0 aliphatic heterocycles. The van der Waals surface area contributed by atoms with Gasteiger partial charge in [-0.25, -0.2) is 0 Å². The number of aliphatic hydroxyl groups is 1. The molecule has 0 fully saturated rings. The van der Waals surface area contributed by atoms with Crippen LogP contribution in [0.4, 0.5) is 0 Å². The van der Waals surface area contributed by atoms with Gasteiger partial charge < -0.3 is 5.11 Å². The minimum absolute atomic E-state index is 0.0475. The third-order valence-electron chi connectivity index (χ3n) is 3.71. The molecule has 0 heterocycles. The number of halogens is 2. The minimum atomic E-state index is -0.968. The highest BCUT2D eigenvalue weighted by Gasteiger charge is 2.32. The molecule has 0 bridgehead atoms. The Morgan fingerprint density at radius 1 is 1.05 bits per heavy atom. The number of carbonyl (C=O) groups is 1. The summed E-state index contributed by atoms with van der Waals surface area (Å²) in [5, 5.41) is 10.9. The maximum atomic E-state index is 12.0. The predicted molar refractivity (Wildman–Crippen MR) is 79.7 cm³/mol. The van der Waals surface area contributed by atoms with Gasteiger partial charge in [-0.2, -0.15) is 0 Å². The number of Topliss-reactive ketones (excluding diaryl/α,β-unsaturated/α-hetero) is 1. The molecular weight excluding hydrogens is 295 g/mol. The second-order valence-corrected chi connectivity index (χ2v) is 5.74. The van der Waals surface area contributed by atoms with Gasteiger partial charge >= 0.3 is 0 Å². The van der Waals surface area contributed by atoms with Crippen molar-refractivity contribution < 1.29 is 9.90 Å². The van der Waals surface area contributed by atoms with Gasteiger partial charge in [0.05, 0.1) is 10.0 Å². The van der Waals surface area contributed by atoms with Crippen LogP contribution >= 0.6 is 23.2 Å². The third kappa shape index (κ3) is 2.24. The number of ketones is 1. The Kier molecular flexibility index (Phi) is 3.55. The first-order valence-corrected chi connectivity index (χ1v) is 7.09. The molecule has 20 heavy (non-hydrogen) atoms. The molecular formula is C16H12Cl2O2. The second-order valence-electron chi connectivity index (χ2n) is 4.93. The molecule has 2 nitrogen and oxygen atoms in total. The highest BCUT2D eigenvalue weighted by atomic mass is 35.5. The van der Waals surface area contributed by atoms with Crippen molar-refractivity contribution in [2.75, 3.05) is 0 Å². The molecule has 0 saturated carbocycles. The molecule has 0 spiro atoms. The summed E-state index contributed by atoms with van der Waals surface area (Å²) >= 11 is 12.0. The Hall–Kier alpha value is -1.35. The van der Waals surface area contributed by atoms with Gasteiger partial charge in [-0.05, 0) is 29.7 Å². The number of benzene rings is 2. The van der Waals surface area contributed by atoms with Crippen molar-refractivity contribution in [3.63, 3.8) is 0 Å². The average molecular weight is 307 g/mol. The lowest BCUT2D eigenvalue weighted by Crippen LogP contribution is -2.30. The van der Waals surface area contributed by atoms with E-state index in [-0.39, 0.29) is 11.7 Å². The van der Waals surface area contributed by atoms with Crippen LogP contribution in [-0.2, 0) is 0 Å². The van der Waals surface area contributed by atoms with Gasteiger partial charge in [0, 0.05) is 11.5 Å². The fourth-order valence-corrected chi connectivity index (χ4v) is 3.01. The van der Waals surface area contributed by atoms with E-state index in [1.807, 2.05) is 18.2 Å². The van der Waals surface area contributed by atoms with Gasteiger partial charge in [-0.3, -0.25) is 4.79 Å². The van der Waals surface area contributed by atoms with Crippen molar-refractivity contribution in [3.8, 4) is 0 Å². The summed E-state index contributed by atoms with van der Waals surface area (Å²) < 4.78 is 0. The van der Waals surface area contributed by atoms with Crippen LogP contribution in [0.25, 0.3) is 0 Å². The van der Waals surface area contributed by atoms with Crippen LogP contribution in [0.5, 0.6) is 0 Å². The highest BCUT2D eigenvalue weighted by Crippen LogP contribution is 2.38. The van der Waals surface area contributed by atoms with Crippen LogP contribution in [0.15, 0.2) is 42.5 Å². The Labute approximate surface area is 127 Å². The average Bonchev–Trinajstić information content (AvgIpc) is 2.46. The Bertz CT molecular complexity index is 682. The second kappa shape index (κ2) is 5.21. The van der Waals surface area contributed by atoms with Crippen molar-refractivity contribution in [2.45, 2.75) is 18.4 Å². The molecule has 0 aromatic heterocycles. The quantitative estimate of drug-likeness (QED) is 0.862. The topological polar surface area (TPSA) is 37.3 Å². The van der Waals surface area contributed by atoms with Crippen molar-refractivity contribution in [2.24, 2.45) is 0 Å². The van der Waals surface area contributed by atoms with Crippen molar-refractivity contribution in [3.05, 3.63) is 69.2 Å². The van der Waals surface area contributed by atoms with Gasteiger partial charge in [-0.15, -0.1) is 0 Å². The minimum Gasteiger partial charge on any atom is -0.385 e. The maximum absolute atomic E-state index is 12.0. The Morgan fingerprint density at radius 2 is 1.80 bits per heavy atom. The normalized spacial score (nSPS) is 21.6. The number of hydrogen-bond acceptors (Lipinski definition) is 2. The van der Waals surface area contributed by atoms with E-state index in [1.165, 1.54) is 0 Å². The lowest BCUT2D eigenvalue weighted by Gasteiger charge is -2.28. The van der Waals surface area contributed by atoms with E-state index in [1.54, 1.807) is 24.3 Å². The Morgan fingerprint density at radius 3 is 2.55 bits per heavy atom. The largest absolute Gasteiger partial charge is 0.385 e. The van der Waals surface area contributed by atoms with Crippen molar-refractivity contribution >= 4 is 29.0 Å². The molecule has 4 heteroatoms. The van der Waals surface area contributed by atoms with E-state index in [9.17, 15) is 9.90 Å². The van der Waals surface area contributed by atoms with E-state index in [4.69, 9.17) is 23.2 Å². The van der Waals surface area contributed by atoms with Crippen molar-refractivity contribution in [1.29, 1.82) is 0 Å². The van der Waals surface area contributed by atoms with Crippen LogP contribution in [-0.4, -0.2) is 17.0 Å². The zero-order chi connectivity index (χ0) is 14.3. The predicted octanol–water partition coefficient (Wildman–Crippen LogP) is 4.07. The maximum Gasteiger partial charge on any atom is 0.191 e. The van der Waals surface area contributed by atoms with Crippen LogP contribution in [0.3, 0.4) is 0 Å². The number of carbonyl (C=O) groups excluding carboxylic acids is 1. The molecule has 2 unspecified atom stereocenters. The van der Waals surface area contributed by atoms with Gasteiger partial charge in [0.2, 0.25) is 0 Å². The van der Waals surface area contributed by atoms with E-state index >= 15 is 0 Å². The summed E-state index contributed by atoms with van der Waals surface area (Å²) in [5.41, 5.74) is 2.47. The smallest absolute Gasteiger partial charge is 0.191 e. The molecule has 1 N–H and O–H groups in total. The molecule has 0 saturated heterocycles. The molecule has 2 atom stereocenters. The standard InChI is InChI=1S/C16H12Cl2O2/c17-13-6-5-9(7-14(13)18)12-8-15(19)16(20)11-4-2-1-3-10(11)12/h1-7,12,15,19H,8H2. The van der Waals surface area contributed by atoms with E-state index in [0.29, 0.717) is 22.0 Å². The molecule has 2 aromatic rings. The lowest BCUT2D eigenvalue weighted by atomic mass is 9.77. The summed E-state index contributed by atoms with van der Waals surface area (Å²) in [6.45, 7) is 0. The SMILES string of the molecule is O=C1c2ccccc2C(c2ccc(Cl)c(Cl)c2)CC1O. The summed E-state index contributed by atoms with van der Waals surface area (Å²) in [5.74, 6) is -0.259. The summed E-state index contributed by atoms with van der Waals surface area (Å²) in [7, 11) is 0. The molecule has 1 aliphatic carbocycles.